The molecule has 1 fully saturated rings. The molecule has 0 aliphatic heterocycles. The monoisotopic (exact) mass is 230 g/mol. The predicted molar refractivity (Wildman–Crippen MR) is 62.7 cm³/mol. The van der Waals surface area contributed by atoms with E-state index < -0.39 is 7.63 Å². The van der Waals surface area contributed by atoms with Gasteiger partial charge in [0, 0.05) is 7.11 Å². The second-order valence-corrected chi connectivity index (χ2v) is 10.4. The molecule has 2 bridgehead atoms. The Hall–Kier alpha value is 0.207. The fourth-order valence-electron chi connectivity index (χ4n) is 2.77. The van der Waals surface area contributed by atoms with Crippen molar-refractivity contribution in [1.82, 2.24) is 0 Å². The van der Waals surface area contributed by atoms with Crippen LogP contribution in [0, 0.1) is 17.8 Å². The minimum Gasteiger partial charge on any atom is -0.407 e. The van der Waals surface area contributed by atoms with Gasteiger partial charge in [0.25, 0.3) is 7.63 Å². The summed E-state index contributed by atoms with van der Waals surface area (Å²) in [5, 5.41) is 0. The first kappa shape index (κ1) is 10.7. The average Bonchev–Trinajstić information content (AvgIpc) is 2.76. The molecule has 2 aliphatic rings. The van der Waals surface area contributed by atoms with Crippen LogP contribution in [0.15, 0.2) is 12.2 Å². The Balaban J connectivity index is 1.80. The third-order valence-electron chi connectivity index (χ3n) is 3.80. The lowest BCUT2D eigenvalue weighted by Crippen LogP contribution is -2.26. The summed E-state index contributed by atoms with van der Waals surface area (Å²) in [6.45, 7) is 2.09. The van der Waals surface area contributed by atoms with Gasteiger partial charge in [-0.1, -0.05) is 12.2 Å². The summed E-state index contributed by atoms with van der Waals surface area (Å²) in [6.07, 6.45) is 8.88. The maximum absolute atomic E-state index is 6.30. The van der Waals surface area contributed by atoms with Gasteiger partial charge in [-0.2, -0.15) is 0 Å². The molecule has 0 amide bonds. The molecular formula is C11H19ClOSi. The van der Waals surface area contributed by atoms with Crippen molar-refractivity contribution in [3.8, 4) is 0 Å². The van der Waals surface area contributed by atoms with Gasteiger partial charge in [-0.15, -0.1) is 11.1 Å². The average molecular weight is 231 g/mol. The topological polar surface area (TPSA) is 9.23 Å². The van der Waals surface area contributed by atoms with E-state index in [0.29, 0.717) is 0 Å². The zero-order valence-corrected chi connectivity index (χ0v) is 10.8. The van der Waals surface area contributed by atoms with Gasteiger partial charge in [0.15, 0.2) is 0 Å². The maximum atomic E-state index is 6.30. The van der Waals surface area contributed by atoms with Gasteiger partial charge in [0.1, 0.15) is 0 Å². The molecule has 0 radical (unpaired) electrons. The molecule has 0 aromatic rings. The molecule has 0 spiro atoms. The van der Waals surface area contributed by atoms with Crippen molar-refractivity contribution in [2.45, 2.75) is 31.9 Å². The lowest BCUT2D eigenvalue weighted by molar-refractivity contribution is 0.390. The lowest BCUT2D eigenvalue weighted by atomic mass is 9.91. The first-order chi connectivity index (χ1) is 6.61. The Bertz CT molecular complexity index is 239. The molecule has 0 N–H and O–H groups in total. The van der Waals surface area contributed by atoms with Gasteiger partial charge in [0.05, 0.1) is 0 Å². The van der Waals surface area contributed by atoms with E-state index in [1.54, 1.807) is 7.11 Å². The maximum Gasteiger partial charge on any atom is 0.286 e. The van der Waals surface area contributed by atoms with Crippen LogP contribution in [0.5, 0.6) is 0 Å². The molecule has 3 heteroatoms. The fraction of sp³-hybridized carbons (Fsp3) is 0.818. The van der Waals surface area contributed by atoms with E-state index in [-0.39, 0.29) is 0 Å². The van der Waals surface area contributed by atoms with Crippen molar-refractivity contribution >= 4 is 18.7 Å². The summed E-state index contributed by atoms with van der Waals surface area (Å²) in [7, 11) is -0.0743. The van der Waals surface area contributed by atoms with Crippen LogP contribution in [0.3, 0.4) is 0 Å². The van der Waals surface area contributed by atoms with Crippen LogP contribution in [0.25, 0.3) is 0 Å². The summed E-state index contributed by atoms with van der Waals surface area (Å²) < 4.78 is 5.36. The van der Waals surface area contributed by atoms with Crippen LogP contribution in [-0.2, 0) is 4.43 Å². The molecule has 4 atom stereocenters. The highest BCUT2D eigenvalue weighted by Crippen LogP contribution is 2.46. The first-order valence-corrected chi connectivity index (χ1v) is 9.16. The normalized spacial score (nSPS) is 38.9. The third-order valence-corrected chi connectivity index (χ3v) is 6.87. The van der Waals surface area contributed by atoms with Gasteiger partial charge >= 0.3 is 0 Å². The first-order valence-electron chi connectivity index (χ1n) is 5.53. The molecule has 0 aromatic carbocycles. The minimum atomic E-state index is -1.82. The van der Waals surface area contributed by atoms with E-state index in [1.807, 2.05) is 0 Å². The summed E-state index contributed by atoms with van der Waals surface area (Å²) in [5.74, 6) is 2.64. The molecule has 0 heterocycles. The summed E-state index contributed by atoms with van der Waals surface area (Å²) in [6, 6.07) is 1.10. The molecule has 4 unspecified atom stereocenters. The van der Waals surface area contributed by atoms with Crippen LogP contribution in [-0.4, -0.2) is 14.7 Å². The summed E-state index contributed by atoms with van der Waals surface area (Å²) in [5.41, 5.74) is 0. The van der Waals surface area contributed by atoms with Crippen molar-refractivity contribution < 1.29 is 4.43 Å². The lowest BCUT2D eigenvalue weighted by Gasteiger charge is -2.22. The van der Waals surface area contributed by atoms with Crippen molar-refractivity contribution in [2.24, 2.45) is 17.8 Å². The molecule has 0 aromatic heterocycles. The molecule has 14 heavy (non-hydrogen) atoms. The van der Waals surface area contributed by atoms with Gasteiger partial charge in [-0.3, -0.25) is 0 Å². The third kappa shape index (κ3) is 2.23. The van der Waals surface area contributed by atoms with Crippen molar-refractivity contribution in [1.29, 1.82) is 0 Å². The quantitative estimate of drug-likeness (QED) is 0.408. The Kier molecular flexibility index (Phi) is 3.05. The number of hydrogen-bond donors (Lipinski definition) is 0. The Morgan fingerprint density at radius 3 is 2.71 bits per heavy atom. The summed E-state index contributed by atoms with van der Waals surface area (Å²) in [4.78, 5) is 0. The summed E-state index contributed by atoms with van der Waals surface area (Å²) >= 11 is 6.30. The standard InChI is InChI=1S/C11H19ClOSi/c1-13-14(2,12)6-5-11-8-9-3-4-10(11)7-9/h3-4,9-11H,5-8H2,1-2H3. The minimum absolute atomic E-state index is 0.860. The van der Waals surface area contributed by atoms with Gasteiger partial charge in [0.2, 0.25) is 0 Å². The smallest absolute Gasteiger partial charge is 0.286 e. The second-order valence-electron chi connectivity index (χ2n) is 4.88. The number of halogens is 1. The zero-order chi connectivity index (χ0) is 10.2. The highest BCUT2D eigenvalue weighted by Gasteiger charge is 2.37. The van der Waals surface area contributed by atoms with Gasteiger partial charge < -0.3 is 4.43 Å². The van der Waals surface area contributed by atoms with Crippen LogP contribution in [0.2, 0.25) is 12.6 Å². The van der Waals surface area contributed by atoms with Gasteiger partial charge in [-0.05, 0) is 49.6 Å². The Morgan fingerprint density at radius 2 is 2.21 bits per heavy atom. The number of rotatable bonds is 4. The van der Waals surface area contributed by atoms with E-state index in [2.05, 4.69) is 18.7 Å². The van der Waals surface area contributed by atoms with Crippen LogP contribution in [0.1, 0.15) is 19.3 Å². The molecule has 1 nitrogen and oxygen atoms in total. The van der Waals surface area contributed by atoms with Crippen LogP contribution < -0.4 is 0 Å². The van der Waals surface area contributed by atoms with E-state index >= 15 is 0 Å². The largest absolute Gasteiger partial charge is 0.407 e. The number of allylic oxidation sites excluding steroid dienone is 2. The molecule has 2 rings (SSSR count). The SMILES string of the molecule is CO[Si](C)(Cl)CCC1CC2C=CC1C2. The fourth-order valence-corrected chi connectivity index (χ4v) is 4.19. The van der Waals surface area contributed by atoms with Crippen LogP contribution in [0.4, 0.5) is 0 Å². The highest BCUT2D eigenvalue weighted by molar-refractivity contribution is 7.16. The number of fused-ring (bicyclic) bond motifs is 2. The second kappa shape index (κ2) is 3.99. The van der Waals surface area contributed by atoms with E-state index in [4.69, 9.17) is 15.5 Å². The zero-order valence-electron chi connectivity index (χ0n) is 9.00. The molecule has 1 saturated carbocycles. The van der Waals surface area contributed by atoms with E-state index in [9.17, 15) is 0 Å². The number of hydrogen-bond acceptors (Lipinski definition) is 1. The highest BCUT2D eigenvalue weighted by atomic mass is 35.6. The Morgan fingerprint density at radius 1 is 1.43 bits per heavy atom. The van der Waals surface area contributed by atoms with Crippen LogP contribution >= 0.6 is 11.1 Å². The molecule has 80 valence electrons. The van der Waals surface area contributed by atoms with E-state index in [0.717, 1.165) is 23.8 Å². The predicted octanol–water partition coefficient (Wildman–Crippen LogP) is 3.55. The molecule has 2 aliphatic carbocycles. The molecule has 0 saturated heterocycles. The van der Waals surface area contributed by atoms with Gasteiger partial charge in [-0.25, -0.2) is 0 Å². The van der Waals surface area contributed by atoms with Crippen molar-refractivity contribution in [2.75, 3.05) is 7.11 Å². The molecular weight excluding hydrogens is 212 g/mol. The van der Waals surface area contributed by atoms with Crippen molar-refractivity contribution in [3.05, 3.63) is 12.2 Å². The van der Waals surface area contributed by atoms with Crippen molar-refractivity contribution in [3.63, 3.8) is 0 Å². The Labute approximate surface area is 92.3 Å². The van der Waals surface area contributed by atoms with E-state index in [1.165, 1.54) is 19.3 Å².